The number of halogens is 6. The van der Waals surface area contributed by atoms with Crippen LogP contribution < -0.4 is 27.3 Å². The highest BCUT2D eigenvalue weighted by Gasteiger charge is 2.49. The van der Waals surface area contributed by atoms with Gasteiger partial charge in [-0.25, -0.2) is 15.0 Å². The summed E-state index contributed by atoms with van der Waals surface area (Å²) >= 11 is 0. The average Bonchev–Trinajstić information content (AvgIpc) is 3.91. The maximum Gasteiger partial charge on any atom is 0.573 e. The number of hydrogen-bond donors (Lipinski definition) is 4. The van der Waals surface area contributed by atoms with Gasteiger partial charge in [-0.1, -0.05) is 81.3 Å². The molecule has 5 heterocycles. The fraction of sp³-hybridized carbons (Fsp3) is 0.453. The van der Waals surface area contributed by atoms with Gasteiger partial charge in [0, 0.05) is 51.3 Å². The second-order valence-corrected chi connectivity index (χ2v) is 24.0. The van der Waals surface area contributed by atoms with Crippen LogP contribution in [0.4, 0.5) is 26.3 Å². The molecule has 0 unspecified atom stereocenters. The Balaban J connectivity index is 0.000000157. The van der Waals surface area contributed by atoms with E-state index >= 15 is 0 Å². The zero-order chi connectivity index (χ0) is 62.6. The molecule has 2 aromatic heterocycles. The SMILES string of the molecule is CN1C(=O)C[C@@](C)(c2ccnc(-c3cccc(OC(F)(F)F)c3)c2)N=C1N.CN1C(=O)C[C@]2(CCc3ccc(-c4cccc(C(F)(F)F)c4)cc32)N=C1N.Cc1cncc(C(=O)N[C@@H]2CCC[C@H](C[C@@]3(CCC4CCCCC4)N=C(N)N(C)C3=O)C2)c1. The lowest BCUT2D eigenvalue weighted by Crippen LogP contribution is -2.47. The van der Waals surface area contributed by atoms with Gasteiger partial charge in [-0.15, -0.1) is 13.2 Å². The minimum absolute atomic E-state index is 0.0489. The van der Waals surface area contributed by atoms with E-state index in [1.807, 2.05) is 31.2 Å². The Morgan fingerprint density at radius 2 is 1.40 bits per heavy atom. The van der Waals surface area contributed by atoms with Crippen LogP contribution in [-0.2, 0) is 38.1 Å². The fourth-order valence-corrected chi connectivity index (χ4v) is 12.8. The number of fused-ring (bicyclic) bond motifs is 2. The van der Waals surface area contributed by atoms with Crippen LogP contribution in [0.25, 0.3) is 22.4 Å². The second-order valence-electron chi connectivity index (χ2n) is 24.0. The number of guanidine groups is 3. The smallest absolute Gasteiger partial charge is 0.406 e. The molecule has 462 valence electrons. The van der Waals surface area contributed by atoms with Gasteiger partial charge in [-0.3, -0.25) is 43.8 Å². The Kier molecular flexibility index (Phi) is 18.5. The molecular weight excluding hydrogens is 1130 g/mol. The van der Waals surface area contributed by atoms with Crippen molar-refractivity contribution in [3.8, 4) is 28.1 Å². The third-order valence-corrected chi connectivity index (χ3v) is 17.7. The highest BCUT2D eigenvalue weighted by Crippen LogP contribution is 2.47. The monoisotopic (exact) mass is 1200 g/mol. The molecule has 4 amide bonds. The molecule has 87 heavy (non-hydrogen) atoms. The van der Waals surface area contributed by atoms with Crippen molar-refractivity contribution < 1.29 is 50.3 Å². The van der Waals surface area contributed by atoms with Gasteiger partial charge in [-0.2, -0.15) is 13.2 Å². The number of nitrogens with one attached hydrogen (secondary N) is 1. The van der Waals surface area contributed by atoms with E-state index in [0.717, 1.165) is 80.2 Å². The van der Waals surface area contributed by atoms with Crippen molar-refractivity contribution in [2.24, 2.45) is 44.0 Å². The van der Waals surface area contributed by atoms with Gasteiger partial charge in [-0.05, 0) is 153 Å². The highest BCUT2D eigenvalue weighted by molar-refractivity contribution is 6.06. The second kappa shape index (κ2) is 25.5. The third-order valence-electron chi connectivity index (χ3n) is 17.7. The summed E-state index contributed by atoms with van der Waals surface area (Å²) in [5.41, 5.74) is 21.1. The minimum atomic E-state index is -4.78. The number of likely N-dealkylation sites (N-methyl/N-ethyl adjacent to an activating group) is 1. The van der Waals surface area contributed by atoms with Gasteiger partial charge < -0.3 is 27.3 Å². The van der Waals surface area contributed by atoms with Crippen molar-refractivity contribution in [3.63, 3.8) is 0 Å². The summed E-state index contributed by atoms with van der Waals surface area (Å²) in [6.45, 7) is 3.71. The number of pyridine rings is 2. The van der Waals surface area contributed by atoms with Crippen LogP contribution in [0.3, 0.4) is 0 Å². The van der Waals surface area contributed by atoms with Gasteiger partial charge >= 0.3 is 12.5 Å². The van der Waals surface area contributed by atoms with Gasteiger partial charge in [0.2, 0.25) is 11.8 Å². The normalized spacial score (nSPS) is 24.1. The number of amides is 4. The van der Waals surface area contributed by atoms with Crippen LogP contribution in [0, 0.1) is 18.8 Å². The molecule has 0 bridgehead atoms. The van der Waals surface area contributed by atoms with Crippen LogP contribution >= 0.6 is 0 Å². The zero-order valence-electron chi connectivity index (χ0n) is 49.5. The summed E-state index contributed by atoms with van der Waals surface area (Å²) in [6, 6.07) is 21.7. The standard InChI is InChI=1S/C26H39N5O2.C20H18F3N3O.C18H17F3N4O2/c1-18-13-21(17-28-16-18)23(32)29-22-10-6-9-20(14-22)15-26(24(33)31(2)25(27)30-26)12-11-19-7-4-3-5-8-19;1-26-17(27)11-19(25-18(26)24)8-7-12-5-6-14(10-16(12)19)13-3-2-4-15(9-13)20(21,22)23;1-17(10-15(26)25(2)16(22)24-17)12-6-7-23-14(9-12)11-4-3-5-13(8-11)27-18(19,20)21/h13,16-17,19-20,22H,3-12,14-15H2,1-2H3,(H2,27,30)(H,29,32);2-6,9-10H,7-8,11H2,1H3,(H2,24,25);3-9H,10H2,1-2H3,(H2,22,24)/t20-,22+,26+;19-;17-/m000/s1. The fourth-order valence-electron chi connectivity index (χ4n) is 12.8. The molecule has 6 aliphatic rings. The van der Waals surface area contributed by atoms with E-state index in [4.69, 9.17) is 22.2 Å². The zero-order valence-corrected chi connectivity index (χ0v) is 49.5. The molecule has 3 aliphatic carbocycles. The first-order valence-corrected chi connectivity index (χ1v) is 29.4. The predicted octanol–water partition coefficient (Wildman–Crippen LogP) is 10.7. The Hall–Kier alpha value is -8.37. The number of hydrogen-bond acceptors (Lipinski definition) is 13. The van der Waals surface area contributed by atoms with Crippen molar-refractivity contribution in [3.05, 3.63) is 137 Å². The number of nitrogens with two attached hydrogens (primary N) is 3. The van der Waals surface area contributed by atoms with Crippen LogP contribution in [0.2, 0.25) is 0 Å². The van der Waals surface area contributed by atoms with Crippen molar-refractivity contribution in [2.75, 3.05) is 21.1 Å². The molecule has 0 saturated heterocycles. The summed E-state index contributed by atoms with van der Waals surface area (Å²) in [5, 5.41) is 3.21. The number of carbonyl (C=O) groups excluding carboxylic acids is 4. The van der Waals surface area contributed by atoms with E-state index in [2.05, 4.69) is 30.0 Å². The van der Waals surface area contributed by atoms with Crippen molar-refractivity contribution >= 4 is 41.5 Å². The molecule has 23 heteroatoms. The Labute approximate surface area is 502 Å². The van der Waals surface area contributed by atoms with Crippen LogP contribution in [0.1, 0.15) is 141 Å². The molecule has 3 aromatic carbocycles. The maximum atomic E-state index is 13.3. The molecule has 5 atom stereocenters. The average molecular weight is 1210 g/mol. The van der Waals surface area contributed by atoms with Crippen LogP contribution in [-0.4, -0.2) is 105 Å². The van der Waals surface area contributed by atoms with Crippen molar-refractivity contribution in [1.29, 1.82) is 0 Å². The molecule has 17 nitrogen and oxygen atoms in total. The first-order valence-electron chi connectivity index (χ1n) is 29.4. The summed E-state index contributed by atoms with van der Waals surface area (Å²) in [4.78, 5) is 76.8. The summed E-state index contributed by atoms with van der Waals surface area (Å²) < 4.78 is 80.4. The van der Waals surface area contributed by atoms with Gasteiger partial charge in [0.15, 0.2) is 17.9 Å². The van der Waals surface area contributed by atoms with Gasteiger partial charge in [0.1, 0.15) is 11.3 Å². The lowest BCUT2D eigenvalue weighted by molar-refractivity contribution is -0.274. The Morgan fingerprint density at radius 3 is 2.08 bits per heavy atom. The number of aromatic nitrogens is 2. The number of aryl methyl sites for hydroxylation is 2. The third kappa shape index (κ3) is 14.7. The molecule has 5 aromatic rings. The predicted molar refractivity (Wildman–Crippen MR) is 318 cm³/mol. The number of nitrogens with zero attached hydrogens (tertiary/aromatic N) is 8. The van der Waals surface area contributed by atoms with E-state index in [0.29, 0.717) is 57.7 Å². The first kappa shape index (κ1) is 63.1. The number of alkyl halides is 6. The highest BCUT2D eigenvalue weighted by atomic mass is 19.4. The van der Waals surface area contributed by atoms with E-state index < -0.39 is 34.7 Å². The molecule has 11 rings (SSSR count). The quantitative estimate of drug-likeness (QED) is 0.0912. The number of rotatable bonds is 11. The number of ether oxygens (including phenoxy) is 1. The summed E-state index contributed by atoms with van der Waals surface area (Å²) in [6.07, 6.45) is 10.4. The van der Waals surface area contributed by atoms with Gasteiger partial charge in [0.25, 0.3) is 11.8 Å². The van der Waals surface area contributed by atoms with E-state index in [1.165, 1.54) is 77.3 Å². The lowest BCUT2D eigenvalue weighted by atomic mass is 9.74. The van der Waals surface area contributed by atoms with Gasteiger partial charge in [0.05, 0.1) is 40.7 Å². The molecule has 3 aliphatic heterocycles. The van der Waals surface area contributed by atoms with Crippen LogP contribution in [0.5, 0.6) is 5.75 Å². The Bertz CT molecular complexity index is 3500. The molecule has 2 fully saturated rings. The minimum Gasteiger partial charge on any atom is -0.406 e. The topological polar surface area (TPSA) is 240 Å². The number of benzene rings is 3. The molecule has 0 radical (unpaired) electrons. The van der Waals surface area contributed by atoms with E-state index in [9.17, 15) is 45.5 Å². The van der Waals surface area contributed by atoms with Crippen molar-refractivity contribution in [1.82, 2.24) is 30.0 Å². The maximum absolute atomic E-state index is 13.3. The van der Waals surface area contributed by atoms with E-state index in [-0.39, 0.29) is 60.2 Å². The number of aliphatic imine (C=N–C) groups is 3. The Morgan fingerprint density at radius 1 is 0.724 bits per heavy atom. The first-order chi connectivity index (χ1) is 41.1. The summed E-state index contributed by atoms with van der Waals surface area (Å²) in [5.74, 6) is 1.02. The largest absolute Gasteiger partial charge is 0.573 e. The lowest BCUT2D eigenvalue weighted by Gasteiger charge is -2.35. The van der Waals surface area contributed by atoms with Crippen molar-refractivity contribution in [2.45, 2.75) is 152 Å². The molecule has 7 N–H and O–H groups in total. The number of carbonyl (C=O) groups is 4. The van der Waals surface area contributed by atoms with Crippen LogP contribution in [0.15, 0.2) is 118 Å². The molecule has 2 saturated carbocycles. The summed E-state index contributed by atoms with van der Waals surface area (Å²) in [7, 11) is 4.87. The van der Waals surface area contributed by atoms with E-state index in [1.54, 1.807) is 64.7 Å². The molecular formula is C64H74F6N12O5. The molecule has 1 spiro atoms.